The van der Waals surface area contributed by atoms with Gasteiger partial charge in [0.2, 0.25) is 0 Å². The van der Waals surface area contributed by atoms with Gasteiger partial charge in [0.05, 0.1) is 5.56 Å². The number of halogens is 3. The number of benzene rings is 1. The molecule has 0 amide bonds. The van der Waals surface area contributed by atoms with E-state index < -0.39 is 43.2 Å². The fourth-order valence-electron chi connectivity index (χ4n) is 3.34. The Labute approximate surface area is 157 Å². The van der Waals surface area contributed by atoms with Gasteiger partial charge in [0.25, 0.3) is 0 Å². The van der Waals surface area contributed by atoms with Gasteiger partial charge < -0.3 is 10.2 Å². The summed E-state index contributed by atoms with van der Waals surface area (Å²) >= 11 is 0. The van der Waals surface area contributed by atoms with Gasteiger partial charge in [0.1, 0.15) is 11.9 Å². The van der Waals surface area contributed by atoms with Gasteiger partial charge in [-0.15, -0.1) is 0 Å². The summed E-state index contributed by atoms with van der Waals surface area (Å²) in [6.07, 6.45) is -1.40. The van der Waals surface area contributed by atoms with Crippen LogP contribution in [0.5, 0.6) is 0 Å². The topological polar surface area (TPSA) is 35.2 Å². The molecule has 1 rings (SSSR count). The highest BCUT2D eigenvalue weighted by atomic mass is 28.4. The molecule has 0 radical (unpaired) electrons. The smallest absolute Gasteiger partial charge is 0.300 e. The van der Waals surface area contributed by atoms with Gasteiger partial charge in [-0.3, -0.25) is 0 Å². The van der Waals surface area contributed by atoms with Crippen molar-refractivity contribution < 1.29 is 17.6 Å². The summed E-state index contributed by atoms with van der Waals surface area (Å²) < 4.78 is 52.2. The molecule has 0 aromatic heterocycles. The SMILES string of the molecule is CC[Si](CC)(CC)OC(C(C)(C)C)C(F)(F)c1cccc([C@@H](C)N)c1F. The molecular formula is C20H34F3NOSi. The van der Waals surface area contributed by atoms with E-state index in [1.54, 1.807) is 27.7 Å². The van der Waals surface area contributed by atoms with Crippen LogP contribution in [0.25, 0.3) is 0 Å². The fourth-order valence-corrected chi connectivity index (χ4v) is 6.35. The normalized spacial score (nSPS) is 15.8. The van der Waals surface area contributed by atoms with Gasteiger partial charge in [-0.2, -0.15) is 8.78 Å². The van der Waals surface area contributed by atoms with Gasteiger partial charge in [0.15, 0.2) is 8.32 Å². The summed E-state index contributed by atoms with van der Waals surface area (Å²) in [5.74, 6) is -4.38. The summed E-state index contributed by atoms with van der Waals surface area (Å²) in [4.78, 5) is 0. The van der Waals surface area contributed by atoms with Crippen LogP contribution >= 0.6 is 0 Å². The largest absolute Gasteiger partial charge is 0.407 e. The first-order valence-corrected chi connectivity index (χ1v) is 12.0. The molecule has 26 heavy (non-hydrogen) atoms. The minimum atomic E-state index is -3.45. The summed E-state index contributed by atoms with van der Waals surface area (Å²) in [5, 5.41) is 0. The lowest BCUT2D eigenvalue weighted by Gasteiger charge is -2.43. The van der Waals surface area contributed by atoms with E-state index in [9.17, 15) is 4.39 Å². The first-order chi connectivity index (χ1) is 11.9. The van der Waals surface area contributed by atoms with Crippen LogP contribution in [0.15, 0.2) is 18.2 Å². The Hall–Kier alpha value is -0.853. The second kappa shape index (κ2) is 8.44. The fraction of sp³-hybridized carbons (Fsp3) is 0.700. The number of hydrogen-bond donors (Lipinski definition) is 1. The molecule has 0 bridgehead atoms. The van der Waals surface area contributed by atoms with E-state index in [0.29, 0.717) is 0 Å². The van der Waals surface area contributed by atoms with Crippen molar-refractivity contribution in [3.63, 3.8) is 0 Å². The average Bonchev–Trinajstić information content (AvgIpc) is 2.55. The molecule has 0 aliphatic carbocycles. The maximum absolute atomic E-state index is 15.6. The number of nitrogens with two attached hydrogens (primary N) is 1. The maximum atomic E-state index is 15.6. The van der Waals surface area contributed by atoms with E-state index in [1.807, 2.05) is 20.8 Å². The van der Waals surface area contributed by atoms with Gasteiger partial charge >= 0.3 is 5.92 Å². The first kappa shape index (κ1) is 23.2. The molecule has 150 valence electrons. The highest BCUT2D eigenvalue weighted by molar-refractivity contribution is 6.73. The predicted octanol–water partition coefficient (Wildman–Crippen LogP) is 6.37. The second-order valence-electron chi connectivity index (χ2n) is 8.23. The molecule has 1 aromatic carbocycles. The van der Waals surface area contributed by atoms with E-state index in [0.717, 1.165) is 24.2 Å². The quantitative estimate of drug-likeness (QED) is 0.524. The maximum Gasteiger partial charge on any atom is 0.300 e. The van der Waals surface area contributed by atoms with Crippen LogP contribution in [0.1, 0.15) is 65.6 Å². The van der Waals surface area contributed by atoms with E-state index >= 15 is 8.78 Å². The molecule has 1 unspecified atom stereocenters. The van der Waals surface area contributed by atoms with Crippen molar-refractivity contribution in [1.29, 1.82) is 0 Å². The van der Waals surface area contributed by atoms with Crippen LogP contribution in [-0.2, 0) is 10.3 Å². The van der Waals surface area contributed by atoms with E-state index in [1.165, 1.54) is 12.1 Å². The van der Waals surface area contributed by atoms with Crippen molar-refractivity contribution in [2.45, 2.75) is 84.7 Å². The van der Waals surface area contributed by atoms with E-state index in [4.69, 9.17) is 10.2 Å². The molecule has 0 spiro atoms. The van der Waals surface area contributed by atoms with Gasteiger partial charge in [-0.05, 0) is 36.5 Å². The van der Waals surface area contributed by atoms with Crippen LogP contribution in [0.4, 0.5) is 13.2 Å². The van der Waals surface area contributed by atoms with Crippen LogP contribution in [0.3, 0.4) is 0 Å². The highest BCUT2D eigenvalue weighted by Gasteiger charge is 2.53. The van der Waals surface area contributed by atoms with Crippen LogP contribution < -0.4 is 5.73 Å². The Morgan fingerprint density at radius 1 is 1.08 bits per heavy atom. The van der Waals surface area contributed by atoms with E-state index in [-0.39, 0.29) is 5.56 Å². The third-order valence-electron chi connectivity index (χ3n) is 5.29. The molecule has 0 heterocycles. The third kappa shape index (κ3) is 4.70. The monoisotopic (exact) mass is 389 g/mol. The Morgan fingerprint density at radius 3 is 1.96 bits per heavy atom. The Kier molecular flexibility index (Phi) is 7.53. The van der Waals surface area contributed by atoms with Crippen molar-refractivity contribution in [3.8, 4) is 0 Å². The van der Waals surface area contributed by atoms with Crippen LogP contribution in [0, 0.1) is 11.2 Å². The lowest BCUT2D eigenvalue weighted by molar-refractivity contribution is -0.149. The Morgan fingerprint density at radius 2 is 1.58 bits per heavy atom. The highest BCUT2D eigenvalue weighted by Crippen LogP contribution is 2.46. The number of alkyl halides is 2. The molecule has 0 aliphatic rings. The minimum Gasteiger partial charge on any atom is -0.407 e. The molecule has 0 saturated carbocycles. The number of rotatable bonds is 8. The van der Waals surface area contributed by atoms with Gasteiger partial charge in [-0.25, -0.2) is 4.39 Å². The molecule has 0 saturated heterocycles. The predicted molar refractivity (Wildman–Crippen MR) is 104 cm³/mol. The minimum absolute atomic E-state index is 0.0971. The molecule has 1 aromatic rings. The number of hydrogen-bond acceptors (Lipinski definition) is 2. The molecule has 2 nitrogen and oxygen atoms in total. The summed E-state index contributed by atoms with van der Waals surface area (Å²) in [6.45, 7) is 12.7. The Bertz CT molecular complexity index is 587. The lowest BCUT2D eigenvalue weighted by Crippen LogP contribution is -2.51. The standard InChI is InChI=1S/C20H34F3NOSi/c1-8-26(9-2,10-3)25-18(19(5,6)7)20(22,23)16-13-11-12-15(14(4)24)17(16)21/h11-14,18H,8-10,24H2,1-7H3/t14-,18?/m1/s1. The average molecular weight is 390 g/mol. The Balaban J connectivity index is 3.49. The zero-order valence-electron chi connectivity index (χ0n) is 17.1. The second-order valence-corrected chi connectivity index (χ2v) is 13.0. The summed E-state index contributed by atoms with van der Waals surface area (Å²) in [5.41, 5.74) is 4.37. The van der Waals surface area contributed by atoms with Crippen molar-refractivity contribution >= 4 is 8.32 Å². The van der Waals surface area contributed by atoms with Crippen molar-refractivity contribution in [3.05, 3.63) is 35.1 Å². The summed E-state index contributed by atoms with van der Waals surface area (Å²) in [6, 6.07) is 5.65. The zero-order valence-corrected chi connectivity index (χ0v) is 18.1. The molecule has 2 atom stereocenters. The summed E-state index contributed by atoms with van der Waals surface area (Å²) in [7, 11) is -2.31. The molecule has 0 fully saturated rings. The van der Waals surface area contributed by atoms with Gasteiger partial charge in [-0.1, -0.05) is 53.7 Å². The van der Waals surface area contributed by atoms with Crippen molar-refractivity contribution in [2.24, 2.45) is 11.1 Å². The lowest BCUT2D eigenvalue weighted by atomic mass is 9.82. The molecule has 6 heteroatoms. The van der Waals surface area contributed by atoms with Gasteiger partial charge in [0, 0.05) is 11.6 Å². The van der Waals surface area contributed by atoms with Crippen molar-refractivity contribution in [1.82, 2.24) is 0 Å². The molecule has 2 N–H and O–H groups in total. The molecule has 0 aliphatic heterocycles. The third-order valence-corrected chi connectivity index (χ3v) is 9.90. The van der Waals surface area contributed by atoms with Crippen LogP contribution in [-0.4, -0.2) is 14.4 Å². The van der Waals surface area contributed by atoms with Crippen LogP contribution in [0.2, 0.25) is 18.1 Å². The van der Waals surface area contributed by atoms with Crippen molar-refractivity contribution in [2.75, 3.05) is 0 Å². The molecular weight excluding hydrogens is 355 g/mol. The zero-order chi connectivity index (χ0) is 20.3. The van der Waals surface area contributed by atoms with E-state index in [2.05, 4.69) is 0 Å². The first-order valence-electron chi connectivity index (χ1n) is 9.46.